The predicted octanol–water partition coefficient (Wildman–Crippen LogP) is 1.47. The molecule has 90 valence electrons. The van der Waals surface area contributed by atoms with Crippen molar-refractivity contribution in [2.75, 3.05) is 13.7 Å². The number of ether oxygens (including phenoxy) is 2. The molecule has 0 aromatic carbocycles. The van der Waals surface area contributed by atoms with Crippen LogP contribution >= 0.6 is 0 Å². The van der Waals surface area contributed by atoms with Crippen molar-refractivity contribution in [3.8, 4) is 0 Å². The summed E-state index contributed by atoms with van der Waals surface area (Å²) in [5.41, 5.74) is 5.23. The topological polar surface area (TPSA) is 61.5 Å². The van der Waals surface area contributed by atoms with Gasteiger partial charge in [0.1, 0.15) is 11.6 Å². The van der Waals surface area contributed by atoms with Gasteiger partial charge >= 0.3 is 5.97 Å². The first-order valence-electron chi connectivity index (χ1n) is 5.34. The van der Waals surface area contributed by atoms with Gasteiger partial charge in [0.05, 0.1) is 0 Å². The molecule has 1 atom stereocenters. The molecule has 0 amide bonds. The zero-order chi connectivity index (χ0) is 11.9. The van der Waals surface area contributed by atoms with Crippen LogP contribution in [0.4, 0.5) is 0 Å². The normalized spacial score (nSPS) is 13.7. The Morgan fingerprint density at radius 2 is 1.93 bits per heavy atom. The predicted molar refractivity (Wildman–Crippen MR) is 59.5 cm³/mol. The Morgan fingerprint density at radius 1 is 1.33 bits per heavy atom. The van der Waals surface area contributed by atoms with E-state index >= 15 is 0 Å². The standard InChI is InChI=1S/C11H23NO3/c1-11(2,3)15-10(13)9(12)7-5-6-8-14-4/h9H,5-8,12H2,1-4H3. The van der Waals surface area contributed by atoms with E-state index in [1.54, 1.807) is 7.11 Å². The third-order valence-electron chi connectivity index (χ3n) is 1.82. The van der Waals surface area contributed by atoms with E-state index in [2.05, 4.69) is 0 Å². The number of carbonyl (C=O) groups is 1. The molecule has 0 bridgehead atoms. The van der Waals surface area contributed by atoms with Crippen molar-refractivity contribution >= 4 is 5.97 Å². The summed E-state index contributed by atoms with van der Waals surface area (Å²) in [6.45, 7) is 6.22. The van der Waals surface area contributed by atoms with Crippen molar-refractivity contribution < 1.29 is 14.3 Å². The van der Waals surface area contributed by atoms with Gasteiger partial charge < -0.3 is 15.2 Å². The summed E-state index contributed by atoms with van der Waals surface area (Å²) in [6, 6.07) is -0.513. The van der Waals surface area contributed by atoms with E-state index in [0.717, 1.165) is 12.8 Å². The largest absolute Gasteiger partial charge is 0.459 e. The average Bonchev–Trinajstić information content (AvgIpc) is 2.09. The fourth-order valence-electron chi connectivity index (χ4n) is 1.11. The maximum atomic E-state index is 11.4. The summed E-state index contributed by atoms with van der Waals surface area (Å²) in [6.07, 6.45) is 2.46. The van der Waals surface area contributed by atoms with Gasteiger partial charge in [-0.05, 0) is 40.0 Å². The number of carbonyl (C=O) groups excluding carboxylic acids is 1. The van der Waals surface area contributed by atoms with E-state index in [-0.39, 0.29) is 5.97 Å². The first kappa shape index (κ1) is 14.4. The molecule has 1 unspecified atom stereocenters. The van der Waals surface area contributed by atoms with Gasteiger partial charge in [0.15, 0.2) is 0 Å². The minimum absolute atomic E-state index is 0.320. The summed E-state index contributed by atoms with van der Waals surface area (Å²) in [4.78, 5) is 11.4. The van der Waals surface area contributed by atoms with Crippen LogP contribution in [-0.4, -0.2) is 31.3 Å². The van der Waals surface area contributed by atoms with Gasteiger partial charge in [-0.15, -0.1) is 0 Å². The molecule has 0 rings (SSSR count). The molecular weight excluding hydrogens is 194 g/mol. The molecule has 15 heavy (non-hydrogen) atoms. The zero-order valence-electron chi connectivity index (χ0n) is 10.2. The second kappa shape index (κ2) is 6.80. The Hall–Kier alpha value is -0.610. The van der Waals surface area contributed by atoms with Crippen LogP contribution in [0.2, 0.25) is 0 Å². The van der Waals surface area contributed by atoms with Crippen LogP contribution in [0.15, 0.2) is 0 Å². The molecule has 0 aliphatic rings. The third kappa shape index (κ3) is 8.39. The molecule has 0 heterocycles. The minimum atomic E-state index is -0.513. The SMILES string of the molecule is COCCCCC(N)C(=O)OC(C)(C)C. The van der Waals surface area contributed by atoms with Crippen molar-refractivity contribution in [3.63, 3.8) is 0 Å². The molecule has 4 nitrogen and oxygen atoms in total. The van der Waals surface area contributed by atoms with Gasteiger partial charge in [-0.1, -0.05) is 0 Å². The third-order valence-corrected chi connectivity index (χ3v) is 1.82. The smallest absolute Gasteiger partial charge is 0.323 e. The maximum absolute atomic E-state index is 11.4. The van der Waals surface area contributed by atoms with Gasteiger partial charge in [0.25, 0.3) is 0 Å². The van der Waals surface area contributed by atoms with Crippen molar-refractivity contribution in [2.24, 2.45) is 5.73 Å². The van der Waals surface area contributed by atoms with Crippen LogP contribution in [0.5, 0.6) is 0 Å². The summed E-state index contributed by atoms with van der Waals surface area (Å²) in [5.74, 6) is -0.320. The number of rotatable bonds is 6. The van der Waals surface area contributed by atoms with Crippen LogP contribution < -0.4 is 5.73 Å². The highest BCUT2D eigenvalue weighted by molar-refractivity contribution is 5.75. The molecule has 0 aromatic heterocycles. The highest BCUT2D eigenvalue weighted by Crippen LogP contribution is 2.10. The molecule has 0 aliphatic heterocycles. The summed E-state index contributed by atoms with van der Waals surface area (Å²) < 4.78 is 10.1. The number of methoxy groups -OCH3 is 1. The monoisotopic (exact) mass is 217 g/mol. The Balaban J connectivity index is 3.70. The molecule has 0 radical (unpaired) electrons. The highest BCUT2D eigenvalue weighted by atomic mass is 16.6. The lowest BCUT2D eigenvalue weighted by molar-refractivity contribution is -0.156. The van der Waals surface area contributed by atoms with Crippen LogP contribution in [0, 0.1) is 0 Å². The molecule has 0 saturated carbocycles. The van der Waals surface area contributed by atoms with Crippen LogP contribution in [-0.2, 0) is 14.3 Å². The summed E-state index contributed by atoms with van der Waals surface area (Å²) in [7, 11) is 1.66. The second-order valence-corrected chi connectivity index (χ2v) is 4.63. The van der Waals surface area contributed by atoms with E-state index in [0.29, 0.717) is 13.0 Å². The summed E-state index contributed by atoms with van der Waals surface area (Å²) >= 11 is 0. The Morgan fingerprint density at radius 3 is 2.40 bits per heavy atom. The first-order chi connectivity index (χ1) is 6.87. The number of unbranched alkanes of at least 4 members (excludes halogenated alkanes) is 1. The quantitative estimate of drug-likeness (QED) is 0.540. The first-order valence-corrected chi connectivity index (χ1v) is 5.34. The summed E-state index contributed by atoms with van der Waals surface area (Å²) in [5, 5.41) is 0. The molecular formula is C11H23NO3. The van der Waals surface area contributed by atoms with Crippen LogP contribution in [0.3, 0.4) is 0 Å². The van der Waals surface area contributed by atoms with Crippen LogP contribution in [0.1, 0.15) is 40.0 Å². The van der Waals surface area contributed by atoms with Gasteiger partial charge in [0, 0.05) is 13.7 Å². The van der Waals surface area contributed by atoms with Crippen LogP contribution in [0.25, 0.3) is 0 Å². The lowest BCUT2D eigenvalue weighted by Crippen LogP contribution is -2.37. The molecule has 2 N–H and O–H groups in total. The van der Waals surface area contributed by atoms with Crippen molar-refractivity contribution in [3.05, 3.63) is 0 Å². The fraction of sp³-hybridized carbons (Fsp3) is 0.909. The maximum Gasteiger partial charge on any atom is 0.323 e. The van der Waals surface area contributed by atoms with Crippen molar-refractivity contribution in [1.82, 2.24) is 0 Å². The minimum Gasteiger partial charge on any atom is -0.459 e. The van der Waals surface area contributed by atoms with Gasteiger partial charge in [-0.2, -0.15) is 0 Å². The Kier molecular flexibility index (Phi) is 6.52. The fourth-order valence-corrected chi connectivity index (χ4v) is 1.11. The van der Waals surface area contributed by atoms with E-state index in [1.165, 1.54) is 0 Å². The lowest BCUT2D eigenvalue weighted by atomic mass is 10.1. The van der Waals surface area contributed by atoms with E-state index in [9.17, 15) is 4.79 Å². The molecule has 0 aromatic rings. The molecule has 4 heteroatoms. The molecule has 0 spiro atoms. The number of hydrogen-bond acceptors (Lipinski definition) is 4. The number of nitrogens with two attached hydrogens (primary N) is 1. The second-order valence-electron chi connectivity index (χ2n) is 4.63. The van der Waals surface area contributed by atoms with Gasteiger partial charge in [0.2, 0.25) is 0 Å². The zero-order valence-corrected chi connectivity index (χ0v) is 10.2. The molecule has 0 saturated heterocycles. The number of hydrogen-bond donors (Lipinski definition) is 1. The lowest BCUT2D eigenvalue weighted by Gasteiger charge is -2.22. The van der Waals surface area contributed by atoms with Gasteiger partial charge in [-0.25, -0.2) is 0 Å². The Bertz CT molecular complexity index is 187. The molecule has 0 aliphatic carbocycles. The average molecular weight is 217 g/mol. The van der Waals surface area contributed by atoms with Crippen molar-refractivity contribution in [1.29, 1.82) is 0 Å². The van der Waals surface area contributed by atoms with Gasteiger partial charge in [-0.3, -0.25) is 4.79 Å². The molecule has 0 fully saturated rings. The Labute approximate surface area is 92.1 Å². The van der Waals surface area contributed by atoms with E-state index < -0.39 is 11.6 Å². The van der Waals surface area contributed by atoms with E-state index in [1.807, 2.05) is 20.8 Å². The highest BCUT2D eigenvalue weighted by Gasteiger charge is 2.21. The number of esters is 1. The van der Waals surface area contributed by atoms with Crippen molar-refractivity contribution in [2.45, 2.75) is 51.7 Å². The van der Waals surface area contributed by atoms with E-state index in [4.69, 9.17) is 15.2 Å².